The van der Waals surface area contributed by atoms with Gasteiger partial charge in [-0.05, 0) is 49.4 Å². The topological polar surface area (TPSA) is 64.1 Å². The molecule has 0 fully saturated rings. The van der Waals surface area contributed by atoms with Crippen molar-refractivity contribution in [3.05, 3.63) is 83.3 Å². The van der Waals surface area contributed by atoms with Crippen LogP contribution >= 0.6 is 0 Å². The Labute approximate surface area is 159 Å². The van der Waals surface area contributed by atoms with Crippen LogP contribution in [0.25, 0.3) is 0 Å². The lowest BCUT2D eigenvalue weighted by Gasteiger charge is -2.09. The third-order valence-corrected chi connectivity index (χ3v) is 3.78. The Balaban J connectivity index is 1.59. The van der Waals surface area contributed by atoms with Gasteiger partial charge in [-0.1, -0.05) is 6.07 Å². The van der Waals surface area contributed by atoms with Gasteiger partial charge in [0.1, 0.15) is 5.75 Å². The molecule has 28 heavy (non-hydrogen) atoms. The highest BCUT2D eigenvalue weighted by Gasteiger charge is 2.30. The normalized spacial score (nSPS) is 11.1. The van der Waals surface area contributed by atoms with Gasteiger partial charge in [-0.15, -0.1) is 0 Å². The fourth-order valence-corrected chi connectivity index (χ4v) is 2.37. The standard InChI is InChI=1S/C20H16F3N3O2/c1-13-3-2-4-16(26-13)12-25-19(27)14-5-8-17(9-6-14)28-18-10-7-15(11-24-18)20(21,22)23/h2-11H,12H2,1H3,(H,25,27). The smallest absolute Gasteiger partial charge is 0.417 e. The van der Waals surface area contributed by atoms with Crippen molar-refractivity contribution in [3.63, 3.8) is 0 Å². The Morgan fingerprint density at radius 1 is 1.07 bits per heavy atom. The highest BCUT2D eigenvalue weighted by molar-refractivity contribution is 5.94. The van der Waals surface area contributed by atoms with Crippen molar-refractivity contribution < 1.29 is 22.7 Å². The zero-order chi connectivity index (χ0) is 20.1. The van der Waals surface area contributed by atoms with Crippen LogP contribution in [0.3, 0.4) is 0 Å². The molecule has 1 amide bonds. The summed E-state index contributed by atoms with van der Waals surface area (Å²) in [6.07, 6.45) is -3.75. The predicted octanol–water partition coefficient (Wildman–Crippen LogP) is 4.53. The van der Waals surface area contributed by atoms with Crippen molar-refractivity contribution >= 4 is 5.91 Å². The summed E-state index contributed by atoms with van der Waals surface area (Å²) < 4.78 is 43.0. The summed E-state index contributed by atoms with van der Waals surface area (Å²) in [5.74, 6) is 0.0994. The number of ether oxygens (including phenoxy) is 1. The molecule has 0 spiro atoms. The first kappa shape index (κ1) is 19.3. The van der Waals surface area contributed by atoms with Gasteiger partial charge < -0.3 is 10.1 Å². The average Bonchev–Trinajstić information content (AvgIpc) is 2.66. The van der Waals surface area contributed by atoms with E-state index >= 15 is 0 Å². The Kier molecular flexibility index (Phi) is 5.58. The number of hydrogen-bond donors (Lipinski definition) is 1. The molecular formula is C20H16F3N3O2. The maximum absolute atomic E-state index is 12.5. The fraction of sp³-hybridized carbons (Fsp3) is 0.150. The minimum atomic E-state index is -4.45. The first-order valence-electron chi connectivity index (χ1n) is 8.33. The SMILES string of the molecule is Cc1cccc(CNC(=O)c2ccc(Oc3ccc(C(F)(F)F)cn3)cc2)n1. The van der Waals surface area contributed by atoms with E-state index < -0.39 is 11.7 Å². The molecule has 2 heterocycles. The number of nitrogens with zero attached hydrogens (tertiary/aromatic N) is 2. The Morgan fingerprint density at radius 3 is 2.43 bits per heavy atom. The lowest BCUT2D eigenvalue weighted by Crippen LogP contribution is -2.23. The second kappa shape index (κ2) is 8.08. The number of carbonyl (C=O) groups excluding carboxylic acids is 1. The molecule has 0 unspecified atom stereocenters. The van der Waals surface area contributed by atoms with Crippen LogP contribution in [0.15, 0.2) is 60.8 Å². The van der Waals surface area contributed by atoms with E-state index in [9.17, 15) is 18.0 Å². The summed E-state index contributed by atoms with van der Waals surface area (Å²) in [6, 6.07) is 13.8. The second-order valence-electron chi connectivity index (χ2n) is 5.96. The van der Waals surface area contributed by atoms with Crippen LogP contribution in [0.5, 0.6) is 11.6 Å². The van der Waals surface area contributed by atoms with Crippen molar-refractivity contribution in [2.24, 2.45) is 0 Å². The zero-order valence-corrected chi connectivity index (χ0v) is 14.8. The minimum Gasteiger partial charge on any atom is -0.439 e. The Bertz CT molecular complexity index is 956. The number of rotatable bonds is 5. The molecule has 0 aliphatic rings. The summed E-state index contributed by atoms with van der Waals surface area (Å²) >= 11 is 0. The van der Waals surface area contributed by atoms with E-state index in [1.165, 1.54) is 0 Å². The van der Waals surface area contributed by atoms with Gasteiger partial charge >= 0.3 is 6.18 Å². The molecule has 144 valence electrons. The average molecular weight is 387 g/mol. The summed E-state index contributed by atoms with van der Waals surface area (Å²) in [4.78, 5) is 20.2. The van der Waals surface area contributed by atoms with Gasteiger partial charge in [0.25, 0.3) is 5.91 Å². The van der Waals surface area contributed by atoms with Gasteiger partial charge in [0.15, 0.2) is 0 Å². The van der Waals surface area contributed by atoms with Gasteiger partial charge in [-0.25, -0.2) is 4.98 Å². The zero-order valence-electron chi connectivity index (χ0n) is 14.8. The molecule has 0 radical (unpaired) electrons. The second-order valence-corrected chi connectivity index (χ2v) is 5.96. The van der Waals surface area contributed by atoms with Gasteiger partial charge in [-0.3, -0.25) is 9.78 Å². The van der Waals surface area contributed by atoms with Crippen LogP contribution < -0.4 is 10.1 Å². The predicted molar refractivity (Wildman–Crippen MR) is 95.9 cm³/mol. The number of benzene rings is 1. The quantitative estimate of drug-likeness (QED) is 0.699. The number of carbonyl (C=O) groups is 1. The largest absolute Gasteiger partial charge is 0.439 e. The number of pyridine rings is 2. The van der Waals surface area contributed by atoms with Crippen LogP contribution in [-0.4, -0.2) is 15.9 Å². The van der Waals surface area contributed by atoms with E-state index in [0.29, 0.717) is 24.1 Å². The monoisotopic (exact) mass is 387 g/mol. The lowest BCUT2D eigenvalue weighted by atomic mass is 10.2. The van der Waals surface area contributed by atoms with Crippen molar-refractivity contribution in [2.45, 2.75) is 19.6 Å². The molecular weight excluding hydrogens is 371 g/mol. The highest BCUT2D eigenvalue weighted by Crippen LogP contribution is 2.30. The highest BCUT2D eigenvalue weighted by atomic mass is 19.4. The van der Waals surface area contributed by atoms with Crippen LogP contribution in [0, 0.1) is 6.92 Å². The molecule has 5 nitrogen and oxygen atoms in total. The van der Waals surface area contributed by atoms with Gasteiger partial charge in [-0.2, -0.15) is 13.2 Å². The number of amides is 1. The van der Waals surface area contributed by atoms with Gasteiger partial charge in [0.05, 0.1) is 17.8 Å². The first-order valence-corrected chi connectivity index (χ1v) is 8.33. The summed E-state index contributed by atoms with van der Waals surface area (Å²) in [5.41, 5.74) is 1.18. The van der Waals surface area contributed by atoms with E-state index in [2.05, 4.69) is 15.3 Å². The number of halogens is 3. The Morgan fingerprint density at radius 2 is 1.82 bits per heavy atom. The van der Waals surface area contributed by atoms with E-state index in [1.54, 1.807) is 24.3 Å². The van der Waals surface area contributed by atoms with E-state index in [4.69, 9.17) is 4.74 Å². The van der Waals surface area contributed by atoms with E-state index in [1.807, 2.05) is 25.1 Å². The lowest BCUT2D eigenvalue weighted by molar-refractivity contribution is -0.137. The molecule has 8 heteroatoms. The molecule has 2 aromatic heterocycles. The maximum atomic E-state index is 12.5. The fourth-order valence-electron chi connectivity index (χ4n) is 2.37. The van der Waals surface area contributed by atoms with Crippen molar-refractivity contribution in [3.8, 4) is 11.6 Å². The molecule has 0 aliphatic heterocycles. The molecule has 1 N–H and O–H groups in total. The van der Waals surface area contributed by atoms with Crippen molar-refractivity contribution in [2.75, 3.05) is 0 Å². The third kappa shape index (κ3) is 5.06. The molecule has 3 rings (SSSR count). The summed E-state index contributed by atoms with van der Waals surface area (Å²) in [7, 11) is 0. The van der Waals surface area contributed by atoms with Crippen molar-refractivity contribution in [1.82, 2.24) is 15.3 Å². The molecule has 3 aromatic rings. The molecule has 0 atom stereocenters. The minimum absolute atomic E-state index is 0.0238. The van der Waals surface area contributed by atoms with Gasteiger partial charge in [0.2, 0.25) is 5.88 Å². The number of nitrogens with one attached hydrogen (secondary N) is 1. The van der Waals surface area contributed by atoms with Gasteiger partial charge in [0, 0.05) is 23.5 Å². The molecule has 0 saturated heterocycles. The first-order chi connectivity index (χ1) is 13.3. The Hall–Kier alpha value is -3.42. The number of aryl methyl sites for hydroxylation is 1. The number of hydrogen-bond acceptors (Lipinski definition) is 4. The van der Waals surface area contributed by atoms with E-state index in [0.717, 1.165) is 23.5 Å². The maximum Gasteiger partial charge on any atom is 0.417 e. The van der Waals surface area contributed by atoms with Crippen LogP contribution in [0.4, 0.5) is 13.2 Å². The molecule has 1 aromatic carbocycles. The third-order valence-electron chi connectivity index (χ3n) is 3.78. The van der Waals surface area contributed by atoms with E-state index in [-0.39, 0.29) is 11.8 Å². The molecule has 0 saturated carbocycles. The summed E-state index contributed by atoms with van der Waals surface area (Å²) in [6.45, 7) is 2.17. The van der Waals surface area contributed by atoms with Crippen LogP contribution in [0.1, 0.15) is 27.3 Å². The molecule has 0 bridgehead atoms. The number of aromatic nitrogens is 2. The summed E-state index contributed by atoms with van der Waals surface area (Å²) in [5, 5.41) is 2.77. The molecule has 0 aliphatic carbocycles. The van der Waals surface area contributed by atoms with Crippen LogP contribution in [0.2, 0.25) is 0 Å². The van der Waals surface area contributed by atoms with Crippen molar-refractivity contribution in [1.29, 1.82) is 0 Å². The number of alkyl halides is 3. The van der Waals surface area contributed by atoms with Crippen LogP contribution in [-0.2, 0) is 12.7 Å².